The Hall–Kier alpha value is -2.18. The van der Waals surface area contributed by atoms with Crippen LogP contribution < -0.4 is 11.1 Å². The van der Waals surface area contributed by atoms with Gasteiger partial charge in [0.1, 0.15) is 0 Å². The zero-order valence-electron chi connectivity index (χ0n) is 10.9. The van der Waals surface area contributed by atoms with Gasteiger partial charge in [-0.15, -0.1) is 0 Å². The van der Waals surface area contributed by atoms with Gasteiger partial charge in [0, 0.05) is 31.2 Å². The highest BCUT2D eigenvalue weighted by Crippen LogP contribution is 2.35. The molecule has 0 saturated heterocycles. The van der Waals surface area contributed by atoms with Crippen molar-refractivity contribution in [2.45, 2.75) is 12.6 Å². The van der Waals surface area contributed by atoms with Crippen LogP contribution in [0.15, 0.2) is 30.6 Å². The van der Waals surface area contributed by atoms with Crippen molar-refractivity contribution in [1.29, 1.82) is 0 Å². The molecule has 0 atom stereocenters. The first-order valence-corrected chi connectivity index (χ1v) is 6.04. The van der Waals surface area contributed by atoms with E-state index in [-0.39, 0.29) is 5.69 Å². The van der Waals surface area contributed by atoms with Crippen molar-refractivity contribution in [2.75, 3.05) is 17.6 Å². The molecule has 3 N–H and O–H groups in total. The highest BCUT2D eigenvalue weighted by Gasteiger charge is 2.33. The molecule has 1 aromatic carbocycles. The highest BCUT2D eigenvalue weighted by atomic mass is 19.4. The van der Waals surface area contributed by atoms with Crippen LogP contribution in [0.4, 0.5) is 24.5 Å². The number of aromatic nitrogens is 2. The number of halogens is 3. The molecule has 0 fully saturated rings. The third kappa shape index (κ3) is 3.43. The first-order chi connectivity index (χ1) is 9.36. The van der Waals surface area contributed by atoms with Gasteiger partial charge in [-0.2, -0.15) is 18.3 Å². The molecule has 0 unspecified atom stereocenters. The van der Waals surface area contributed by atoms with Crippen LogP contribution in [0.2, 0.25) is 0 Å². The smallest absolute Gasteiger partial charge is 0.398 e. The van der Waals surface area contributed by atoms with Crippen molar-refractivity contribution in [3.05, 3.63) is 41.7 Å². The zero-order valence-corrected chi connectivity index (χ0v) is 10.9. The summed E-state index contributed by atoms with van der Waals surface area (Å²) in [5.41, 5.74) is 5.67. The zero-order chi connectivity index (χ0) is 14.8. The third-order valence-corrected chi connectivity index (χ3v) is 2.86. The lowest BCUT2D eigenvalue weighted by Crippen LogP contribution is -2.11. The van der Waals surface area contributed by atoms with Crippen molar-refractivity contribution in [2.24, 2.45) is 7.05 Å². The minimum Gasteiger partial charge on any atom is -0.398 e. The molecule has 0 aliphatic rings. The fraction of sp³-hybridized carbons (Fsp3) is 0.308. The number of anilines is 2. The summed E-state index contributed by atoms with van der Waals surface area (Å²) in [7, 11) is 1.81. The molecule has 0 amide bonds. The number of hydrogen-bond acceptors (Lipinski definition) is 3. The summed E-state index contributed by atoms with van der Waals surface area (Å²) in [4.78, 5) is 0. The van der Waals surface area contributed by atoms with Crippen LogP contribution in [-0.2, 0) is 19.6 Å². The van der Waals surface area contributed by atoms with Gasteiger partial charge in [-0.05, 0) is 30.2 Å². The first-order valence-electron chi connectivity index (χ1n) is 6.04. The molecular weight excluding hydrogens is 269 g/mol. The largest absolute Gasteiger partial charge is 0.418 e. The summed E-state index contributed by atoms with van der Waals surface area (Å²) in [6, 6.07) is 3.82. The number of nitrogens with one attached hydrogen (secondary N) is 1. The number of nitrogens with zero attached hydrogens (tertiary/aromatic N) is 2. The van der Waals surface area contributed by atoms with E-state index in [9.17, 15) is 13.2 Å². The molecule has 0 radical (unpaired) electrons. The maximum absolute atomic E-state index is 12.7. The lowest BCUT2D eigenvalue weighted by Gasteiger charge is -2.12. The third-order valence-electron chi connectivity index (χ3n) is 2.86. The topological polar surface area (TPSA) is 55.9 Å². The molecule has 0 saturated carbocycles. The number of benzene rings is 1. The molecule has 4 nitrogen and oxygen atoms in total. The van der Waals surface area contributed by atoms with Crippen LogP contribution in [0.5, 0.6) is 0 Å². The van der Waals surface area contributed by atoms with Crippen molar-refractivity contribution in [3.63, 3.8) is 0 Å². The Morgan fingerprint density at radius 3 is 2.70 bits per heavy atom. The second-order valence-corrected chi connectivity index (χ2v) is 4.50. The second-order valence-electron chi connectivity index (χ2n) is 4.50. The van der Waals surface area contributed by atoms with E-state index in [1.807, 2.05) is 13.2 Å². The van der Waals surface area contributed by atoms with Gasteiger partial charge in [-0.1, -0.05) is 0 Å². The maximum Gasteiger partial charge on any atom is 0.418 e. The number of hydrogen-bond donors (Lipinski definition) is 2. The van der Waals surface area contributed by atoms with Gasteiger partial charge < -0.3 is 11.1 Å². The standard InChI is InChI=1S/C13H15F3N4/c1-20-8-9(7-19-20)4-5-18-10-2-3-12(17)11(6-10)13(14,15)16/h2-3,6-8,18H,4-5,17H2,1H3. The summed E-state index contributed by atoms with van der Waals surface area (Å²) in [5.74, 6) is 0. The lowest BCUT2D eigenvalue weighted by atomic mass is 10.1. The summed E-state index contributed by atoms with van der Waals surface area (Å²) < 4.78 is 39.8. The van der Waals surface area contributed by atoms with Gasteiger partial charge in [-0.25, -0.2) is 0 Å². The number of nitrogen functional groups attached to an aromatic ring is 1. The SMILES string of the molecule is Cn1cc(CCNc2ccc(N)c(C(F)(F)F)c2)cn1. The first kappa shape index (κ1) is 14.2. The average molecular weight is 284 g/mol. The summed E-state index contributed by atoms with van der Waals surface area (Å²) >= 11 is 0. The molecule has 0 aliphatic carbocycles. The van der Waals surface area contributed by atoms with Crippen molar-refractivity contribution >= 4 is 11.4 Å². The van der Waals surface area contributed by atoms with E-state index in [0.29, 0.717) is 18.7 Å². The molecule has 2 aromatic rings. The van der Waals surface area contributed by atoms with Gasteiger partial charge in [0.15, 0.2) is 0 Å². The summed E-state index contributed by atoms with van der Waals surface area (Å²) in [6.45, 7) is 0.521. The van der Waals surface area contributed by atoms with Gasteiger partial charge in [0.2, 0.25) is 0 Å². The van der Waals surface area contributed by atoms with Gasteiger partial charge in [-0.3, -0.25) is 4.68 Å². The van der Waals surface area contributed by atoms with E-state index in [4.69, 9.17) is 5.73 Å². The summed E-state index contributed by atoms with van der Waals surface area (Å²) in [6.07, 6.45) is -0.164. The normalized spacial score (nSPS) is 11.6. The van der Waals surface area contributed by atoms with Crippen LogP contribution in [0.3, 0.4) is 0 Å². The van der Waals surface area contributed by atoms with E-state index in [1.165, 1.54) is 12.1 Å². The molecule has 1 heterocycles. The van der Waals surface area contributed by atoms with E-state index in [0.717, 1.165) is 11.6 Å². The molecule has 0 aliphatic heterocycles. The Morgan fingerprint density at radius 2 is 2.10 bits per heavy atom. The van der Waals surface area contributed by atoms with E-state index < -0.39 is 11.7 Å². The predicted molar refractivity (Wildman–Crippen MR) is 71.3 cm³/mol. The minimum absolute atomic E-state index is 0.268. The highest BCUT2D eigenvalue weighted by molar-refractivity contribution is 5.58. The van der Waals surface area contributed by atoms with E-state index in [2.05, 4.69) is 10.4 Å². The molecule has 7 heteroatoms. The number of alkyl halides is 3. The Morgan fingerprint density at radius 1 is 1.35 bits per heavy atom. The quantitative estimate of drug-likeness (QED) is 0.849. The molecule has 0 spiro atoms. The fourth-order valence-electron chi connectivity index (χ4n) is 1.86. The number of rotatable bonds is 4. The monoisotopic (exact) mass is 284 g/mol. The molecule has 108 valence electrons. The van der Waals surface area contributed by atoms with Crippen LogP contribution in [0.25, 0.3) is 0 Å². The van der Waals surface area contributed by atoms with E-state index in [1.54, 1.807) is 10.9 Å². The van der Waals surface area contributed by atoms with Crippen molar-refractivity contribution < 1.29 is 13.2 Å². The average Bonchev–Trinajstić information content (AvgIpc) is 2.76. The molecule has 1 aromatic heterocycles. The van der Waals surface area contributed by atoms with Gasteiger partial charge >= 0.3 is 6.18 Å². The van der Waals surface area contributed by atoms with Crippen LogP contribution in [-0.4, -0.2) is 16.3 Å². The van der Waals surface area contributed by atoms with Crippen LogP contribution in [0.1, 0.15) is 11.1 Å². The van der Waals surface area contributed by atoms with Gasteiger partial charge in [0.25, 0.3) is 0 Å². The Bertz CT molecular complexity index is 590. The van der Waals surface area contributed by atoms with E-state index >= 15 is 0 Å². The second kappa shape index (κ2) is 5.44. The van der Waals surface area contributed by atoms with Crippen LogP contribution in [0, 0.1) is 0 Å². The molecule has 0 bridgehead atoms. The Balaban J connectivity index is 2.00. The fourth-order valence-corrected chi connectivity index (χ4v) is 1.86. The Kier molecular flexibility index (Phi) is 3.87. The van der Waals surface area contributed by atoms with Crippen molar-refractivity contribution in [1.82, 2.24) is 9.78 Å². The number of aryl methyl sites for hydroxylation is 1. The maximum atomic E-state index is 12.7. The lowest BCUT2D eigenvalue weighted by molar-refractivity contribution is -0.136. The van der Waals surface area contributed by atoms with Crippen molar-refractivity contribution in [3.8, 4) is 0 Å². The molecular formula is C13H15F3N4. The molecule has 2 rings (SSSR count). The Labute approximate surface area is 114 Å². The number of nitrogens with two attached hydrogens (primary N) is 1. The van der Waals surface area contributed by atoms with Crippen LogP contribution >= 0.6 is 0 Å². The molecule has 20 heavy (non-hydrogen) atoms. The summed E-state index contributed by atoms with van der Waals surface area (Å²) in [5, 5.41) is 6.97. The van der Waals surface area contributed by atoms with Gasteiger partial charge in [0.05, 0.1) is 11.8 Å². The predicted octanol–water partition coefficient (Wildman–Crippen LogP) is 2.68. The minimum atomic E-state index is -4.44.